The van der Waals surface area contributed by atoms with Gasteiger partial charge in [-0.05, 0) is 23.1 Å². The smallest absolute Gasteiger partial charge is 0.114 e. The molecule has 3 heteroatoms. The number of aromatic nitrogens is 2. The van der Waals surface area contributed by atoms with Crippen LogP contribution in [0.15, 0.2) is 12.1 Å². The second kappa shape index (κ2) is 3.90. The summed E-state index contributed by atoms with van der Waals surface area (Å²) in [5.74, 6) is 1.42. The van der Waals surface area contributed by atoms with Crippen molar-refractivity contribution in [2.45, 2.75) is 46.0 Å². The Labute approximate surface area is 104 Å². The van der Waals surface area contributed by atoms with Crippen LogP contribution < -0.4 is 5.46 Å². The van der Waals surface area contributed by atoms with Crippen molar-refractivity contribution in [3.63, 3.8) is 0 Å². The van der Waals surface area contributed by atoms with E-state index in [1.54, 1.807) is 0 Å². The van der Waals surface area contributed by atoms with Crippen molar-refractivity contribution in [2.75, 3.05) is 0 Å². The molecule has 0 saturated carbocycles. The topological polar surface area (TPSA) is 28.7 Å². The molecule has 0 bridgehead atoms. The number of fused-ring (bicyclic) bond motifs is 1. The van der Waals surface area contributed by atoms with E-state index in [1.807, 2.05) is 6.07 Å². The van der Waals surface area contributed by atoms with Gasteiger partial charge in [0, 0.05) is 5.92 Å². The number of hydrogen-bond donors (Lipinski definition) is 1. The summed E-state index contributed by atoms with van der Waals surface area (Å²) in [5, 5.41) is 0. The van der Waals surface area contributed by atoms with Crippen molar-refractivity contribution in [2.24, 2.45) is 0 Å². The van der Waals surface area contributed by atoms with E-state index in [0.29, 0.717) is 5.92 Å². The van der Waals surface area contributed by atoms with Crippen molar-refractivity contribution < 1.29 is 0 Å². The van der Waals surface area contributed by atoms with Crippen molar-refractivity contribution in [1.29, 1.82) is 0 Å². The molecule has 0 saturated heterocycles. The SMILES string of the molecule is [B]c1cc2[nH]c(C(C)C)nc2cc1C(C)(C)C. The summed E-state index contributed by atoms with van der Waals surface area (Å²) < 4.78 is 0. The van der Waals surface area contributed by atoms with E-state index >= 15 is 0 Å². The van der Waals surface area contributed by atoms with Gasteiger partial charge >= 0.3 is 0 Å². The van der Waals surface area contributed by atoms with Crippen LogP contribution in [0.25, 0.3) is 11.0 Å². The van der Waals surface area contributed by atoms with Gasteiger partial charge in [0.15, 0.2) is 0 Å². The first-order valence-corrected chi connectivity index (χ1v) is 6.08. The van der Waals surface area contributed by atoms with Crippen LogP contribution in [0.3, 0.4) is 0 Å². The molecule has 2 rings (SSSR count). The minimum Gasteiger partial charge on any atom is -0.342 e. The van der Waals surface area contributed by atoms with Gasteiger partial charge in [-0.15, -0.1) is 0 Å². The van der Waals surface area contributed by atoms with Gasteiger partial charge in [0.05, 0.1) is 11.0 Å². The number of rotatable bonds is 1. The molecule has 0 aliphatic carbocycles. The van der Waals surface area contributed by atoms with Gasteiger partial charge in [0.1, 0.15) is 13.7 Å². The number of nitrogens with zero attached hydrogens (tertiary/aromatic N) is 1. The van der Waals surface area contributed by atoms with Gasteiger partial charge in [-0.1, -0.05) is 40.1 Å². The first kappa shape index (κ1) is 12.2. The third kappa shape index (κ3) is 2.24. The maximum atomic E-state index is 6.11. The zero-order chi connectivity index (χ0) is 12.8. The molecule has 0 atom stereocenters. The maximum Gasteiger partial charge on any atom is 0.114 e. The quantitative estimate of drug-likeness (QED) is 0.744. The molecule has 0 spiro atoms. The van der Waals surface area contributed by atoms with Crippen LogP contribution in [0.1, 0.15) is 51.9 Å². The first-order chi connectivity index (χ1) is 7.79. The summed E-state index contributed by atoms with van der Waals surface area (Å²) in [7, 11) is 6.11. The third-order valence-electron chi connectivity index (χ3n) is 3.03. The van der Waals surface area contributed by atoms with Crippen LogP contribution in [-0.2, 0) is 5.41 Å². The Bertz CT molecular complexity index is 547. The predicted molar refractivity (Wildman–Crippen MR) is 74.3 cm³/mol. The van der Waals surface area contributed by atoms with Crippen LogP contribution in [0.2, 0.25) is 0 Å². The Morgan fingerprint density at radius 3 is 2.41 bits per heavy atom. The summed E-state index contributed by atoms with van der Waals surface area (Å²) in [6.07, 6.45) is 0. The third-order valence-corrected chi connectivity index (χ3v) is 3.03. The van der Waals surface area contributed by atoms with E-state index in [0.717, 1.165) is 27.9 Å². The van der Waals surface area contributed by atoms with E-state index in [9.17, 15) is 0 Å². The fraction of sp³-hybridized carbons (Fsp3) is 0.500. The second-order valence-electron chi connectivity index (χ2n) is 5.98. The summed E-state index contributed by atoms with van der Waals surface area (Å²) in [4.78, 5) is 7.94. The van der Waals surface area contributed by atoms with Gasteiger partial charge in [-0.2, -0.15) is 0 Å². The number of benzene rings is 1. The van der Waals surface area contributed by atoms with Crippen LogP contribution in [0.5, 0.6) is 0 Å². The highest BCUT2D eigenvalue weighted by atomic mass is 14.9. The molecular formula is C14H19BN2. The molecule has 2 aromatic rings. The largest absolute Gasteiger partial charge is 0.342 e. The molecule has 1 N–H and O–H groups in total. The molecular weight excluding hydrogens is 207 g/mol. The molecule has 1 heterocycles. The average molecular weight is 226 g/mol. The van der Waals surface area contributed by atoms with Crippen molar-refractivity contribution >= 4 is 24.3 Å². The Hall–Kier alpha value is -1.25. The lowest BCUT2D eigenvalue weighted by Gasteiger charge is -2.21. The Morgan fingerprint density at radius 2 is 1.88 bits per heavy atom. The Kier molecular flexibility index (Phi) is 2.80. The van der Waals surface area contributed by atoms with E-state index < -0.39 is 0 Å². The zero-order valence-electron chi connectivity index (χ0n) is 11.3. The lowest BCUT2D eigenvalue weighted by molar-refractivity contribution is 0.595. The molecule has 0 aliphatic heterocycles. The molecule has 0 aliphatic rings. The van der Waals surface area contributed by atoms with Crippen LogP contribution in [0.4, 0.5) is 0 Å². The first-order valence-electron chi connectivity index (χ1n) is 6.08. The minimum atomic E-state index is 0.0508. The monoisotopic (exact) mass is 226 g/mol. The van der Waals surface area contributed by atoms with Gasteiger partial charge < -0.3 is 4.98 Å². The van der Waals surface area contributed by atoms with Crippen molar-refractivity contribution in [3.05, 3.63) is 23.5 Å². The van der Waals surface area contributed by atoms with E-state index in [2.05, 4.69) is 50.7 Å². The van der Waals surface area contributed by atoms with E-state index in [-0.39, 0.29) is 5.41 Å². The van der Waals surface area contributed by atoms with Gasteiger partial charge in [-0.3, -0.25) is 0 Å². The number of hydrogen-bond acceptors (Lipinski definition) is 1. The highest BCUT2D eigenvalue weighted by Gasteiger charge is 2.17. The summed E-state index contributed by atoms with van der Waals surface area (Å²) >= 11 is 0. The molecule has 1 aromatic heterocycles. The average Bonchev–Trinajstić information content (AvgIpc) is 2.57. The predicted octanol–water partition coefficient (Wildman–Crippen LogP) is 2.78. The molecule has 1 aromatic carbocycles. The fourth-order valence-electron chi connectivity index (χ4n) is 2.02. The Morgan fingerprint density at radius 1 is 1.24 bits per heavy atom. The highest BCUT2D eigenvalue weighted by molar-refractivity contribution is 6.34. The highest BCUT2D eigenvalue weighted by Crippen LogP contribution is 2.24. The number of nitrogens with one attached hydrogen (secondary N) is 1. The van der Waals surface area contributed by atoms with Gasteiger partial charge in [0.25, 0.3) is 0 Å². The maximum absolute atomic E-state index is 6.11. The Balaban J connectivity index is 2.64. The van der Waals surface area contributed by atoms with Crippen LogP contribution in [0, 0.1) is 0 Å². The molecule has 0 amide bonds. The van der Waals surface area contributed by atoms with Crippen LogP contribution in [-0.4, -0.2) is 17.8 Å². The summed E-state index contributed by atoms with van der Waals surface area (Å²) in [6, 6.07) is 4.10. The number of aromatic amines is 1. The minimum absolute atomic E-state index is 0.0508. The molecule has 0 fully saturated rings. The lowest BCUT2D eigenvalue weighted by Crippen LogP contribution is -2.22. The van der Waals surface area contributed by atoms with Crippen LogP contribution >= 0.6 is 0 Å². The van der Waals surface area contributed by atoms with E-state index in [4.69, 9.17) is 7.85 Å². The second-order valence-corrected chi connectivity index (χ2v) is 5.98. The molecule has 2 radical (unpaired) electrons. The molecule has 17 heavy (non-hydrogen) atoms. The summed E-state index contributed by atoms with van der Waals surface area (Å²) in [5.41, 5.74) is 4.08. The zero-order valence-corrected chi connectivity index (χ0v) is 11.3. The van der Waals surface area contributed by atoms with Crippen molar-refractivity contribution in [3.8, 4) is 0 Å². The summed E-state index contributed by atoms with van der Waals surface area (Å²) in [6.45, 7) is 10.8. The molecule has 2 nitrogen and oxygen atoms in total. The number of imidazole rings is 1. The van der Waals surface area contributed by atoms with Gasteiger partial charge in [0.2, 0.25) is 0 Å². The number of H-pyrrole nitrogens is 1. The fourth-order valence-corrected chi connectivity index (χ4v) is 2.02. The normalized spacial score (nSPS) is 12.6. The standard InChI is InChI=1S/C14H19BN2/c1-8(2)13-16-11-6-9(14(3,4)5)10(15)7-12(11)17-13/h6-8H,1-5H3,(H,16,17). The molecule has 0 unspecified atom stereocenters. The van der Waals surface area contributed by atoms with E-state index in [1.165, 1.54) is 0 Å². The lowest BCUT2D eigenvalue weighted by atomic mass is 9.77. The molecule has 88 valence electrons. The van der Waals surface area contributed by atoms with Gasteiger partial charge in [-0.25, -0.2) is 4.98 Å². The van der Waals surface area contributed by atoms with Crippen molar-refractivity contribution in [1.82, 2.24) is 9.97 Å².